The number of hydrogen-bond acceptors (Lipinski definition) is 4. The number of anilines is 1. The van der Waals surface area contributed by atoms with Gasteiger partial charge >= 0.3 is 12.0 Å². The van der Waals surface area contributed by atoms with Crippen LogP contribution in [-0.2, 0) is 0 Å². The summed E-state index contributed by atoms with van der Waals surface area (Å²) in [5.41, 5.74) is 0.872. The molecule has 1 aromatic heterocycles. The van der Waals surface area contributed by atoms with E-state index in [0.717, 1.165) is 17.8 Å². The average molecular weight is 313 g/mol. The van der Waals surface area contributed by atoms with Gasteiger partial charge in [-0.2, -0.15) is 0 Å². The van der Waals surface area contributed by atoms with Gasteiger partial charge in [-0.3, -0.25) is 5.32 Å². The predicted octanol–water partition coefficient (Wildman–Crippen LogP) is 2.52. The van der Waals surface area contributed by atoms with E-state index < -0.39 is 5.97 Å². The van der Waals surface area contributed by atoms with Gasteiger partial charge < -0.3 is 15.3 Å². The third-order valence-electron chi connectivity index (χ3n) is 3.21. The van der Waals surface area contributed by atoms with Gasteiger partial charge in [-0.15, -0.1) is 11.3 Å². The van der Waals surface area contributed by atoms with Crippen molar-refractivity contribution in [2.75, 3.05) is 26.0 Å². The van der Waals surface area contributed by atoms with Crippen LogP contribution >= 0.6 is 11.3 Å². The summed E-state index contributed by atoms with van der Waals surface area (Å²) in [4.78, 5) is 26.1. The minimum Gasteiger partial charge on any atom is -0.478 e. The van der Waals surface area contributed by atoms with Crippen molar-refractivity contribution in [3.8, 4) is 0 Å². The van der Waals surface area contributed by atoms with Gasteiger partial charge in [0.15, 0.2) is 0 Å². The lowest BCUT2D eigenvalue weighted by molar-refractivity contribution is 0.0697. The van der Waals surface area contributed by atoms with Crippen LogP contribution in [0.5, 0.6) is 0 Å². The highest BCUT2D eigenvalue weighted by atomic mass is 32.1. The van der Waals surface area contributed by atoms with Crippen molar-refractivity contribution in [1.29, 1.82) is 0 Å². The van der Waals surface area contributed by atoms with E-state index in [1.54, 1.807) is 6.92 Å². The zero-order chi connectivity index (χ0) is 16.2. The Morgan fingerprint density at radius 2 is 1.95 bits per heavy atom. The predicted molar refractivity (Wildman–Crippen MR) is 85.5 cm³/mol. The van der Waals surface area contributed by atoms with Crippen LogP contribution in [-0.4, -0.2) is 48.7 Å². The lowest BCUT2D eigenvalue weighted by Gasteiger charge is -2.17. The van der Waals surface area contributed by atoms with Crippen molar-refractivity contribution < 1.29 is 14.7 Å². The van der Waals surface area contributed by atoms with Gasteiger partial charge in [-0.25, -0.2) is 9.59 Å². The molecule has 0 saturated heterocycles. The Morgan fingerprint density at radius 3 is 2.48 bits per heavy atom. The molecular formula is C14H23N3O3S. The number of carbonyl (C=O) groups is 2. The summed E-state index contributed by atoms with van der Waals surface area (Å²) in [6, 6.07) is -0.354. The van der Waals surface area contributed by atoms with Crippen molar-refractivity contribution in [2.45, 2.75) is 33.2 Å². The largest absolute Gasteiger partial charge is 0.478 e. The first-order valence-corrected chi connectivity index (χ1v) is 7.59. The van der Waals surface area contributed by atoms with Gasteiger partial charge in [0.25, 0.3) is 0 Å². The van der Waals surface area contributed by atoms with Crippen LogP contribution in [0.4, 0.5) is 9.80 Å². The molecule has 0 aliphatic heterocycles. The minimum atomic E-state index is -1.02. The van der Waals surface area contributed by atoms with Crippen LogP contribution in [0.2, 0.25) is 0 Å². The number of aryl methyl sites for hydroxylation is 1. The number of nitrogens with zero attached hydrogens (tertiary/aromatic N) is 1. The molecular weight excluding hydrogens is 290 g/mol. The van der Waals surface area contributed by atoms with Crippen LogP contribution in [0.15, 0.2) is 0 Å². The van der Waals surface area contributed by atoms with E-state index >= 15 is 0 Å². The molecule has 1 atom stereocenters. The molecule has 0 radical (unpaired) electrons. The number of hydrogen-bond donors (Lipinski definition) is 3. The fraction of sp³-hybridized carbons (Fsp3) is 0.571. The van der Waals surface area contributed by atoms with Crippen molar-refractivity contribution >= 4 is 28.3 Å². The lowest BCUT2D eigenvalue weighted by atomic mass is 10.1. The van der Waals surface area contributed by atoms with E-state index in [9.17, 15) is 14.7 Å². The standard InChI is InChI=1S/C14H23N3O3S/c1-8(6-7-17(4)5)15-14(20)16-12-11(13(18)19)9(2)10(3)21-12/h8H,6-7H2,1-5H3,(H,18,19)(H2,15,16,20). The maximum Gasteiger partial charge on any atom is 0.338 e. The number of rotatable bonds is 6. The summed E-state index contributed by atoms with van der Waals surface area (Å²) in [5, 5.41) is 15.1. The summed E-state index contributed by atoms with van der Waals surface area (Å²) in [6.45, 7) is 6.39. The first-order chi connectivity index (χ1) is 9.72. The highest BCUT2D eigenvalue weighted by molar-refractivity contribution is 7.16. The molecule has 0 aromatic carbocycles. The Balaban J connectivity index is 2.67. The summed E-state index contributed by atoms with van der Waals surface area (Å²) in [5.74, 6) is -1.02. The second-order valence-electron chi connectivity index (χ2n) is 5.38. The molecule has 1 unspecified atom stereocenters. The smallest absolute Gasteiger partial charge is 0.338 e. The molecule has 0 fully saturated rings. The maximum absolute atomic E-state index is 11.9. The van der Waals surface area contributed by atoms with E-state index in [1.165, 1.54) is 11.3 Å². The first-order valence-electron chi connectivity index (χ1n) is 6.78. The monoisotopic (exact) mass is 313 g/mol. The van der Waals surface area contributed by atoms with Crippen LogP contribution in [0.3, 0.4) is 0 Å². The fourth-order valence-electron chi connectivity index (χ4n) is 1.86. The molecule has 21 heavy (non-hydrogen) atoms. The van der Waals surface area contributed by atoms with E-state index in [-0.39, 0.29) is 17.6 Å². The van der Waals surface area contributed by atoms with Crippen molar-refractivity contribution in [3.63, 3.8) is 0 Å². The zero-order valence-corrected chi connectivity index (χ0v) is 13.9. The second-order valence-corrected chi connectivity index (χ2v) is 6.61. The van der Waals surface area contributed by atoms with Gasteiger partial charge in [0.05, 0.1) is 5.56 Å². The van der Waals surface area contributed by atoms with Crippen molar-refractivity contribution in [3.05, 3.63) is 16.0 Å². The van der Waals surface area contributed by atoms with Gasteiger partial charge in [0.1, 0.15) is 5.00 Å². The molecule has 0 bridgehead atoms. The van der Waals surface area contributed by atoms with Gasteiger partial charge in [0.2, 0.25) is 0 Å². The summed E-state index contributed by atoms with van der Waals surface area (Å²) >= 11 is 1.28. The molecule has 2 amide bonds. The number of amides is 2. The lowest BCUT2D eigenvalue weighted by Crippen LogP contribution is -2.37. The Kier molecular flexibility index (Phi) is 6.17. The molecule has 1 heterocycles. The quantitative estimate of drug-likeness (QED) is 0.754. The van der Waals surface area contributed by atoms with E-state index in [2.05, 4.69) is 10.6 Å². The SMILES string of the molecule is Cc1sc(NC(=O)NC(C)CCN(C)C)c(C(=O)O)c1C. The Bertz CT molecular complexity index is 526. The zero-order valence-electron chi connectivity index (χ0n) is 13.1. The van der Waals surface area contributed by atoms with Gasteiger partial charge in [-0.05, 0) is 53.4 Å². The highest BCUT2D eigenvalue weighted by Crippen LogP contribution is 2.32. The molecule has 0 spiro atoms. The van der Waals surface area contributed by atoms with Crippen LogP contribution in [0.25, 0.3) is 0 Å². The Labute approximate surface area is 129 Å². The fourth-order valence-corrected chi connectivity index (χ4v) is 2.91. The normalized spacial score (nSPS) is 12.3. The summed E-state index contributed by atoms with van der Waals surface area (Å²) < 4.78 is 0. The van der Waals surface area contributed by atoms with Gasteiger partial charge in [0, 0.05) is 10.9 Å². The number of carboxylic acids is 1. The maximum atomic E-state index is 11.9. The molecule has 118 valence electrons. The van der Waals surface area contributed by atoms with E-state index in [4.69, 9.17) is 0 Å². The molecule has 6 nitrogen and oxygen atoms in total. The molecule has 3 N–H and O–H groups in total. The van der Waals surface area contributed by atoms with Gasteiger partial charge in [-0.1, -0.05) is 0 Å². The van der Waals surface area contributed by atoms with Crippen LogP contribution < -0.4 is 10.6 Å². The average Bonchev–Trinajstić information content (AvgIpc) is 2.61. The second kappa shape index (κ2) is 7.42. The van der Waals surface area contributed by atoms with Crippen LogP contribution in [0, 0.1) is 13.8 Å². The molecule has 0 aliphatic carbocycles. The summed E-state index contributed by atoms with van der Waals surface area (Å²) in [6.07, 6.45) is 0.828. The highest BCUT2D eigenvalue weighted by Gasteiger charge is 2.20. The third-order valence-corrected chi connectivity index (χ3v) is 4.34. The number of carboxylic acid groups (broad SMARTS) is 1. The van der Waals surface area contributed by atoms with Crippen LogP contribution in [0.1, 0.15) is 34.1 Å². The first kappa shape index (κ1) is 17.5. The number of urea groups is 1. The number of nitrogens with one attached hydrogen (secondary N) is 2. The number of thiophene rings is 1. The summed E-state index contributed by atoms with van der Waals surface area (Å²) in [7, 11) is 3.95. The third kappa shape index (κ3) is 5.02. The minimum absolute atomic E-state index is 0.0165. The number of aromatic carboxylic acids is 1. The van der Waals surface area contributed by atoms with Crippen molar-refractivity contribution in [2.24, 2.45) is 0 Å². The van der Waals surface area contributed by atoms with E-state index in [1.807, 2.05) is 32.8 Å². The molecule has 0 aliphatic rings. The molecule has 1 rings (SSSR count). The Hall–Kier alpha value is -1.60. The van der Waals surface area contributed by atoms with E-state index in [0.29, 0.717) is 10.6 Å². The van der Waals surface area contributed by atoms with Crippen molar-refractivity contribution in [1.82, 2.24) is 10.2 Å². The topological polar surface area (TPSA) is 81.7 Å². The molecule has 7 heteroatoms. The molecule has 1 aromatic rings. The number of carbonyl (C=O) groups excluding carboxylic acids is 1. The molecule has 0 saturated carbocycles. The Morgan fingerprint density at radius 1 is 1.33 bits per heavy atom.